The van der Waals surface area contributed by atoms with Crippen molar-refractivity contribution in [1.29, 1.82) is 0 Å². The first kappa shape index (κ1) is 18.2. The molecule has 2 rings (SSSR count). The summed E-state index contributed by atoms with van der Waals surface area (Å²) in [5.74, 6) is -3.46. The van der Waals surface area contributed by atoms with Gasteiger partial charge in [-0.1, -0.05) is 0 Å². The molecular formula is C14H18O10. The molecule has 1 fully saturated rings. The molecule has 1 saturated heterocycles. The Morgan fingerprint density at radius 1 is 1.21 bits per heavy atom. The van der Waals surface area contributed by atoms with Crippen LogP contribution in [0.3, 0.4) is 0 Å². The highest BCUT2D eigenvalue weighted by molar-refractivity contribution is 5.92. The summed E-state index contributed by atoms with van der Waals surface area (Å²) in [4.78, 5) is 11.4. The summed E-state index contributed by atoms with van der Waals surface area (Å²) in [6.45, 7) is -0.722. The number of hydrogen-bond donors (Lipinski definition) is 7. The number of aromatic carboxylic acids is 1. The van der Waals surface area contributed by atoms with Crippen LogP contribution in [0.1, 0.15) is 22.0 Å². The van der Waals surface area contributed by atoms with Crippen LogP contribution in [0.4, 0.5) is 0 Å². The standard InChI is InChI=1S/C14H18O10/c1-23-12-5(16)2-4(14(21)22)7(9(12)18)13-11(20)10(19)8(17)6(3-15)24-13/h2,6,8,10-11,13,15-20H,3H2,1H3,(H,21,22). The van der Waals surface area contributed by atoms with E-state index in [1.54, 1.807) is 0 Å². The highest BCUT2D eigenvalue weighted by Crippen LogP contribution is 2.46. The molecule has 24 heavy (non-hydrogen) atoms. The van der Waals surface area contributed by atoms with Crippen LogP contribution in [0.15, 0.2) is 6.07 Å². The minimum Gasteiger partial charge on any atom is -0.504 e. The Labute approximate surface area is 135 Å². The fourth-order valence-electron chi connectivity index (χ4n) is 2.66. The van der Waals surface area contributed by atoms with E-state index in [2.05, 4.69) is 0 Å². The predicted octanol–water partition coefficient (Wildman–Crippen LogP) is -1.68. The van der Waals surface area contributed by atoms with E-state index in [0.29, 0.717) is 0 Å². The van der Waals surface area contributed by atoms with Crippen molar-refractivity contribution in [3.63, 3.8) is 0 Å². The number of methoxy groups -OCH3 is 1. The molecule has 0 aliphatic carbocycles. The molecule has 7 N–H and O–H groups in total. The fourth-order valence-corrected chi connectivity index (χ4v) is 2.66. The van der Waals surface area contributed by atoms with Crippen LogP contribution in [-0.4, -0.2) is 79.8 Å². The van der Waals surface area contributed by atoms with Crippen molar-refractivity contribution in [3.05, 3.63) is 17.2 Å². The molecule has 10 nitrogen and oxygen atoms in total. The number of carboxylic acids is 1. The van der Waals surface area contributed by atoms with Gasteiger partial charge in [-0.15, -0.1) is 0 Å². The average molecular weight is 346 g/mol. The van der Waals surface area contributed by atoms with Gasteiger partial charge in [-0.2, -0.15) is 0 Å². The molecule has 0 bridgehead atoms. The second-order valence-corrected chi connectivity index (χ2v) is 5.29. The molecule has 1 aliphatic rings. The molecule has 10 heteroatoms. The maximum atomic E-state index is 11.4. The Morgan fingerprint density at radius 3 is 2.33 bits per heavy atom. The minimum atomic E-state index is -1.80. The normalized spacial score (nSPS) is 30.1. The van der Waals surface area contributed by atoms with Crippen molar-refractivity contribution in [2.24, 2.45) is 0 Å². The van der Waals surface area contributed by atoms with Crippen molar-refractivity contribution >= 4 is 5.97 Å². The quantitative estimate of drug-likeness (QED) is 0.333. The topological polar surface area (TPSA) is 177 Å². The third kappa shape index (κ3) is 2.85. The van der Waals surface area contributed by atoms with E-state index in [4.69, 9.17) is 9.47 Å². The van der Waals surface area contributed by atoms with Crippen molar-refractivity contribution in [2.45, 2.75) is 30.5 Å². The maximum Gasteiger partial charge on any atom is 0.336 e. The number of phenolic OH excluding ortho intramolecular Hbond substituents is 2. The molecule has 1 heterocycles. The number of carbonyl (C=O) groups is 1. The molecule has 5 unspecified atom stereocenters. The number of carboxylic acid groups (broad SMARTS) is 1. The molecule has 5 atom stereocenters. The smallest absolute Gasteiger partial charge is 0.336 e. The summed E-state index contributed by atoms with van der Waals surface area (Å²) in [6.07, 6.45) is -8.10. The summed E-state index contributed by atoms with van der Waals surface area (Å²) in [5, 5.41) is 68.2. The Kier molecular flexibility index (Phi) is 5.16. The lowest BCUT2D eigenvalue weighted by Gasteiger charge is -2.40. The van der Waals surface area contributed by atoms with E-state index in [1.807, 2.05) is 0 Å². The van der Waals surface area contributed by atoms with Gasteiger partial charge in [0.1, 0.15) is 30.5 Å². The molecule has 1 aromatic rings. The molecule has 0 spiro atoms. The van der Waals surface area contributed by atoms with Gasteiger partial charge >= 0.3 is 5.97 Å². The second-order valence-electron chi connectivity index (χ2n) is 5.29. The fraction of sp³-hybridized carbons (Fsp3) is 0.500. The van der Waals surface area contributed by atoms with Gasteiger partial charge in [-0.25, -0.2) is 4.79 Å². The van der Waals surface area contributed by atoms with E-state index in [1.165, 1.54) is 0 Å². The average Bonchev–Trinajstić information content (AvgIpc) is 2.53. The van der Waals surface area contributed by atoms with Gasteiger partial charge in [0.25, 0.3) is 0 Å². The number of aliphatic hydroxyl groups is 4. The van der Waals surface area contributed by atoms with E-state index >= 15 is 0 Å². The number of aliphatic hydroxyl groups excluding tert-OH is 4. The van der Waals surface area contributed by atoms with Gasteiger partial charge in [0.2, 0.25) is 5.75 Å². The summed E-state index contributed by atoms with van der Waals surface area (Å²) in [7, 11) is 1.12. The highest BCUT2D eigenvalue weighted by atomic mass is 16.5. The third-order valence-corrected chi connectivity index (χ3v) is 3.89. The van der Waals surface area contributed by atoms with Gasteiger partial charge in [0.15, 0.2) is 11.5 Å². The van der Waals surface area contributed by atoms with Crippen molar-refractivity contribution < 1.29 is 50.0 Å². The lowest BCUT2D eigenvalue weighted by Crippen LogP contribution is -2.55. The highest BCUT2D eigenvalue weighted by Gasteiger charge is 2.46. The van der Waals surface area contributed by atoms with Crippen molar-refractivity contribution in [3.8, 4) is 17.2 Å². The molecule has 134 valence electrons. The zero-order valence-corrected chi connectivity index (χ0v) is 12.5. The van der Waals surface area contributed by atoms with Crippen LogP contribution in [-0.2, 0) is 4.74 Å². The monoisotopic (exact) mass is 346 g/mol. The van der Waals surface area contributed by atoms with Crippen molar-refractivity contribution in [2.75, 3.05) is 13.7 Å². The first-order chi connectivity index (χ1) is 11.2. The first-order valence-corrected chi connectivity index (χ1v) is 6.91. The Bertz CT molecular complexity index is 628. The second kappa shape index (κ2) is 6.79. The van der Waals surface area contributed by atoms with Crippen LogP contribution in [0.5, 0.6) is 17.2 Å². The zero-order valence-electron chi connectivity index (χ0n) is 12.5. The molecule has 0 aromatic heterocycles. The van der Waals surface area contributed by atoms with E-state index in [-0.39, 0.29) is 0 Å². The lowest BCUT2D eigenvalue weighted by molar-refractivity contribution is -0.232. The van der Waals surface area contributed by atoms with Crippen LogP contribution < -0.4 is 4.74 Å². The maximum absolute atomic E-state index is 11.4. The first-order valence-electron chi connectivity index (χ1n) is 6.91. The predicted molar refractivity (Wildman–Crippen MR) is 76.0 cm³/mol. The molecule has 0 radical (unpaired) electrons. The number of hydrogen-bond acceptors (Lipinski definition) is 9. The van der Waals surface area contributed by atoms with Crippen molar-refractivity contribution in [1.82, 2.24) is 0 Å². The van der Waals surface area contributed by atoms with Gasteiger partial charge in [-0.05, 0) is 6.07 Å². The number of rotatable bonds is 4. The Hall–Kier alpha value is -2.11. The number of aromatic hydroxyl groups is 2. The summed E-state index contributed by atoms with van der Waals surface area (Å²) in [5.41, 5.74) is -1.07. The Balaban J connectivity index is 2.63. The van der Waals surface area contributed by atoms with Gasteiger partial charge < -0.3 is 45.2 Å². The molecule has 0 amide bonds. The van der Waals surface area contributed by atoms with Gasteiger partial charge in [0.05, 0.1) is 19.3 Å². The molecule has 1 aliphatic heterocycles. The van der Waals surface area contributed by atoms with Gasteiger partial charge in [-0.3, -0.25) is 0 Å². The lowest BCUT2D eigenvalue weighted by atomic mass is 9.88. The van der Waals surface area contributed by atoms with E-state index in [0.717, 1.165) is 13.2 Å². The van der Waals surface area contributed by atoms with E-state index < -0.39 is 71.5 Å². The SMILES string of the molecule is COc1c(O)cc(C(=O)O)c(C2OC(CO)C(O)C(O)C2O)c1O. The van der Waals surface area contributed by atoms with Gasteiger partial charge in [0, 0.05) is 5.56 Å². The zero-order chi connectivity index (χ0) is 18.2. The molecule has 1 aromatic carbocycles. The van der Waals surface area contributed by atoms with Crippen LogP contribution >= 0.6 is 0 Å². The summed E-state index contributed by atoms with van der Waals surface area (Å²) < 4.78 is 10.0. The van der Waals surface area contributed by atoms with Crippen LogP contribution in [0, 0.1) is 0 Å². The largest absolute Gasteiger partial charge is 0.504 e. The molecular weight excluding hydrogens is 328 g/mol. The number of phenols is 2. The number of benzene rings is 1. The third-order valence-electron chi connectivity index (χ3n) is 3.89. The molecule has 0 saturated carbocycles. The van der Waals surface area contributed by atoms with E-state index in [9.17, 15) is 40.5 Å². The number of ether oxygens (including phenoxy) is 2. The minimum absolute atomic E-state index is 0.452. The van der Waals surface area contributed by atoms with Crippen LogP contribution in [0.25, 0.3) is 0 Å². The summed E-state index contributed by atoms with van der Waals surface area (Å²) >= 11 is 0. The van der Waals surface area contributed by atoms with Crippen LogP contribution in [0.2, 0.25) is 0 Å². The summed E-state index contributed by atoms with van der Waals surface area (Å²) in [6, 6.07) is 0.789. The Morgan fingerprint density at radius 2 is 1.83 bits per heavy atom.